The van der Waals surface area contributed by atoms with Crippen LogP contribution in [0.15, 0.2) is 51.6 Å². The number of benzene rings is 1. The van der Waals surface area contributed by atoms with Crippen LogP contribution in [0.1, 0.15) is 34.6 Å². The molecule has 156 valence electrons. The highest BCUT2D eigenvalue weighted by molar-refractivity contribution is 6.07. The van der Waals surface area contributed by atoms with Crippen molar-refractivity contribution in [2.45, 2.75) is 19.9 Å². The molecule has 2 amide bonds. The zero-order valence-corrected chi connectivity index (χ0v) is 16.8. The zero-order valence-electron chi connectivity index (χ0n) is 16.8. The van der Waals surface area contributed by atoms with Gasteiger partial charge in [-0.15, -0.1) is 0 Å². The zero-order chi connectivity index (χ0) is 21.5. The first-order chi connectivity index (χ1) is 15.0. The first-order valence-electron chi connectivity index (χ1n) is 9.68. The van der Waals surface area contributed by atoms with Crippen LogP contribution >= 0.6 is 0 Å². The number of pyridine rings is 1. The molecule has 9 heteroatoms. The summed E-state index contributed by atoms with van der Waals surface area (Å²) in [6.07, 6.45) is 1.53. The standard InChI is InChI=1S/C22H18N4O5/c1-11(13-5-6-18-15(8-13)24-19(27)10-30-18)23-21(28)14-9-16(17-4-3-7-29-17)25-22-20(14)12(2)26-31-22/h3-9,11H,10H2,1-2H3,(H,23,28)(H,24,27). The highest BCUT2D eigenvalue weighted by atomic mass is 16.5. The van der Waals surface area contributed by atoms with E-state index in [1.54, 1.807) is 37.3 Å². The summed E-state index contributed by atoms with van der Waals surface area (Å²) < 4.78 is 16.1. The largest absolute Gasteiger partial charge is 0.482 e. The van der Waals surface area contributed by atoms with Gasteiger partial charge in [0, 0.05) is 0 Å². The van der Waals surface area contributed by atoms with Crippen LogP contribution in [-0.4, -0.2) is 28.6 Å². The van der Waals surface area contributed by atoms with E-state index in [2.05, 4.69) is 20.8 Å². The third-order valence-electron chi connectivity index (χ3n) is 5.12. The number of rotatable bonds is 4. The van der Waals surface area contributed by atoms with E-state index < -0.39 is 0 Å². The van der Waals surface area contributed by atoms with Gasteiger partial charge in [-0.1, -0.05) is 11.2 Å². The summed E-state index contributed by atoms with van der Waals surface area (Å²) in [5.41, 5.74) is 3.09. The summed E-state index contributed by atoms with van der Waals surface area (Å²) in [4.78, 5) is 29.2. The van der Waals surface area contributed by atoms with E-state index >= 15 is 0 Å². The van der Waals surface area contributed by atoms with E-state index in [0.29, 0.717) is 39.5 Å². The van der Waals surface area contributed by atoms with Crippen LogP contribution in [0, 0.1) is 6.92 Å². The van der Waals surface area contributed by atoms with Gasteiger partial charge >= 0.3 is 0 Å². The number of fused-ring (bicyclic) bond motifs is 2. The van der Waals surface area contributed by atoms with Gasteiger partial charge in [-0.25, -0.2) is 4.98 Å². The molecule has 2 N–H and O–H groups in total. The lowest BCUT2D eigenvalue weighted by molar-refractivity contribution is -0.118. The number of carbonyl (C=O) groups excluding carboxylic acids is 2. The van der Waals surface area contributed by atoms with Gasteiger partial charge in [-0.05, 0) is 49.7 Å². The highest BCUT2D eigenvalue weighted by Crippen LogP contribution is 2.31. The molecule has 0 aliphatic carbocycles. The van der Waals surface area contributed by atoms with Gasteiger partial charge in [0.15, 0.2) is 12.4 Å². The maximum Gasteiger partial charge on any atom is 0.262 e. The first-order valence-corrected chi connectivity index (χ1v) is 9.68. The number of furan rings is 1. The third kappa shape index (κ3) is 3.39. The Bertz CT molecular complexity index is 1310. The predicted octanol–water partition coefficient (Wildman–Crippen LogP) is 3.61. The summed E-state index contributed by atoms with van der Waals surface area (Å²) in [5.74, 6) is 0.593. The fraction of sp³-hybridized carbons (Fsp3) is 0.182. The molecule has 3 aromatic heterocycles. The Hall–Kier alpha value is -4.14. The molecule has 9 nitrogen and oxygen atoms in total. The molecule has 0 radical (unpaired) electrons. The number of nitrogens with zero attached hydrogens (tertiary/aromatic N) is 2. The van der Waals surface area contributed by atoms with E-state index in [1.807, 2.05) is 13.0 Å². The first kappa shape index (κ1) is 18.9. The fourth-order valence-corrected chi connectivity index (χ4v) is 3.55. The van der Waals surface area contributed by atoms with Gasteiger partial charge in [-0.2, -0.15) is 0 Å². The second-order valence-electron chi connectivity index (χ2n) is 7.27. The molecule has 1 aliphatic rings. The monoisotopic (exact) mass is 418 g/mol. The van der Waals surface area contributed by atoms with Crippen molar-refractivity contribution in [1.82, 2.24) is 15.5 Å². The molecule has 31 heavy (non-hydrogen) atoms. The van der Waals surface area contributed by atoms with Crippen molar-refractivity contribution in [3.05, 3.63) is 59.5 Å². The molecular formula is C22H18N4O5. The molecule has 1 atom stereocenters. The van der Waals surface area contributed by atoms with E-state index in [-0.39, 0.29) is 30.2 Å². The smallest absolute Gasteiger partial charge is 0.262 e. The number of anilines is 1. The number of nitrogens with one attached hydrogen (secondary N) is 2. The lowest BCUT2D eigenvalue weighted by Crippen LogP contribution is -2.28. The number of amides is 2. The van der Waals surface area contributed by atoms with Crippen molar-refractivity contribution in [3.63, 3.8) is 0 Å². The lowest BCUT2D eigenvalue weighted by Gasteiger charge is -2.21. The highest BCUT2D eigenvalue weighted by Gasteiger charge is 2.23. The van der Waals surface area contributed by atoms with Crippen LogP contribution in [0.25, 0.3) is 22.6 Å². The van der Waals surface area contributed by atoms with E-state index in [9.17, 15) is 9.59 Å². The van der Waals surface area contributed by atoms with Gasteiger partial charge in [-0.3, -0.25) is 9.59 Å². The molecule has 0 spiro atoms. The van der Waals surface area contributed by atoms with Crippen LogP contribution in [0.3, 0.4) is 0 Å². The lowest BCUT2D eigenvalue weighted by atomic mass is 10.0. The van der Waals surface area contributed by atoms with Gasteiger partial charge < -0.3 is 24.3 Å². The van der Waals surface area contributed by atoms with Crippen LogP contribution in [0.5, 0.6) is 5.75 Å². The number of aryl methyl sites for hydroxylation is 1. The quantitative estimate of drug-likeness (QED) is 0.519. The average Bonchev–Trinajstić information content (AvgIpc) is 3.43. The van der Waals surface area contributed by atoms with E-state index in [4.69, 9.17) is 13.7 Å². The van der Waals surface area contributed by atoms with Crippen LogP contribution in [0.2, 0.25) is 0 Å². The van der Waals surface area contributed by atoms with Crippen molar-refractivity contribution in [3.8, 4) is 17.2 Å². The van der Waals surface area contributed by atoms with Gasteiger partial charge in [0.2, 0.25) is 0 Å². The van der Waals surface area contributed by atoms with Crippen LogP contribution in [0.4, 0.5) is 5.69 Å². The van der Waals surface area contributed by atoms with Gasteiger partial charge in [0.05, 0.1) is 34.6 Å². The van der Waals surface area contributed by atoms with Gasteiger partial charge in [0.1, 0.15) is 11.4 Å². The molecular weight excluding hydrogens is 400 g/mol. The van der Waals surface area contributed by atoms with Crippen molar-refractivity contribution < 1.29 is 23.3 Å². The molecule has 1 unspecified atom stereocenters. The van der Waals surface area contributed by atoms with Crippen molar-refractivity contribution >= 4 is 28.6 Å². The molecule has 0 fully saturated rings. The van der Waals surface area contributed by atoms with Crippen molar-refractivity contribution in [2.24, 2.45) is 0 Å². The van der Waals surface area contributed by atoms with Crippen molar-refractivity contribution in [2.75, 3.05) is 11.9 Å². The molecule has 0 saturated carbocycles. The van der Waals surface area contributed by atoms with Gasteiger partial charge in [0.25, 0.3) is 17.5 Å². The van der Waals surface area contributed by atoms with Crippen LogP contribution < -0.4 is 15.4 Å². The summed E-state index contributed by atoms with van der Waals surface area (Å²) in [6, 6.07) is 10.2. The number of hydrogen-bond donors (Lipinski definition) is 2. The number of carbonyl (C=O) groups is 2. The Morgan fingerprint density at radius 3 is 2.94 bits per heavy atom. The maximum atomic E-state index is 13.2. The summed E-state index contributed by atoms with van der Waals surface area (Å²) in [5, 5.41) is 10.3. The number of hydrogen-bond acceptors (Lipinski definition) is 7. The van der Waals surface area contributed by atoms with Crippen molar-refractivity contribution in [1.29, 1.82) is 0 Å². The summed E-state index contributed by atoms with van der Waals surface area (Å²) in [7, 11) is 0. The predicted molar refractivity (Wildman–Crippen MR) is 111 cm³/mol. The minimum atomic E-state index is -0.341. The van der Waals surface area contributed by atoms with Crippen LogP contribution in [-0.2, 0) is 4.79 Å². The number of ether oxygens (including phenoxy) is 1. The molecule has 1 aromatic carbocycles. The molecule has 0 saturated heterocycles. The Balaban J connectivity index is 1.47. The van der Waals surface area contributed by atoms with E-state index in [1.165, 1.54) is 6.26 Å². The second kappa shape index (κ2) is 7.28. The second-order valence-corrected chi connectivity index (χ2v) is 7.27. The Morgan fingerprint density at radius 1 is 1.26 bits per heavy atom. The SMILES string of the molecule is Cc1noc2nc(-c3ccco3)cc(C(=O)NC(C)c3ccc4c(c3)NC(=O)CO4)c12. The molecule has 1 aliphatic heterocycles. The Morgan fingerprint density at radius 2 is 2.13 bits per heavy atom. The minimum Gasteiger partial charge on any atom is -0.482 e. The van der Waals surface area contributed by atoms with E-state index in [0.717, 1.165) is 5.56 Å². The summed E-state index contributed by atoms with van der Waals surface area (Å²) >= 11 is 0. The molecule has 0 bridgehead atoms. The normalized spacial score (nSPS) is 13.9. The Labute approximate surface area is 176 Å². The molecule has 5 rings (SSSR count). The average molecular weight is 418 g/mol. The molecule has 4 aromatic rings. The Kier molecular flexibility index (Phi) is 4.43. The molecule has 4 heterocycles. The topological polar surface area (TPSA) is 119 Å². The third-order valence-corrected chi connectivity index (χ3v) is 5.12. The maximum absolute atomic E-state index is 13.2. The fourth-order valence-electron chi connectivity index (χ4n) is 3.55. The number of aromatic nitrogens is 2. The minimum absolute atomic E-state index is 0.00718. The summed E-state index contributed by atoms with van der Waals surface area (Å²) in [6.45, 7) is 3.61.